The number of amides is 1. The molecule has 0 unspecified atom stereocenters. The predicted molar refractivity (Wildman–Crippen MR) is 136 cm³/mol. The van der Waals surface area contributed by atoms with E-state index in [1.807, 2.05) is 49.4 Å². The van der Waals surface area contributed by atoms with Crippen LogP contribution in [0.4, 0.5) is 5.69 Å². The maximum atomic E-state index is 12.7. The number of likely N-dealkylation sites (tertiary alicyclic amines) is 1. The third-order valence-electron chi connectivity index (χ3n) is 7.42. The Balaban J connectivity index is 1.12. The second kappa shape index (κ2) is 11.2. The molecule has 0 aromatic heterocycles. The van der Waals surface area contributed by atoms with Gasteiger partial charge in [0.1, 0.15) is 6.04 Å². The second-order valence-electron chi connectivity index (χ2n) is 9.64. The van der Waals surface area contributed by atoms with E-state index in [1.165, 1.54) is 0 Å². The lowest BCUT2D eigenvalue weighted by molar-refractivity contribution is -0.152. The fourth-order valence-corrected chi connectivity index (χ4v) is 5.50. The number of nitrogens with one attached hydrogen (secondary N) is 1. The number of piperidine rings is 2. The van der Waals surface area contributed by atoms with Gasteiger partial charge in [0, 0.05) is 36.9 Å². The van der Waals surface area contributed by atoms with Gasteiger partial charge in [0.2, 0.25) is 6.79 Å². The van der Waals surface area contributed by atoms with E-state index in [0.29, 0.717) is 30.5 Å². The molecule has 1 N–H and O–H groups in total. The summed E-state index contributed by atoms with van der Waals surface area (Å²) in [5, 5.41) is 2.98. The van der Waals surface area contributed by atoms with Gasteiger partial charge in [-0.25, -0.2) is 0 Å². The van der Waals surface area contributed by atoms with Gasteiger partial charge in [-0.1, -0.05) is 12.5 Å². The highest BCUT2D eigenvalue weighted by Crippen LogP contribution is 2.32. The van der Waals surface area contributed by atoms with Crippen LogP contribution in [0.2, 0.25) is 0 Å². The normalized spacial score (nSPS) is 20.2. The molecule has 36 heavy (non-hydrogen) atoms. The number of benzene rings is 2. The Morgan fingerprint density at radius 2 is 1.75 bits per heavy atom. The smallest absolute Gasteiger partial charge is 0.323 e. The maximum absolute atomic E-state index is 12.7. The van der Waals surface area contributed by atoms with Crippen molar-refractivity contribution in [3.63, 3.8) is 0 Å². The molecule has 8 heteroatoms. The van der Waals surface area contributed by atoms with E-state index in [-0.39, 0.29) is 24.7 Å². The van der Waals surface area contributed by atoms with Crippen molar-refractivity contribution in [3.05, 3.63) is 53.6 Å². The molecular weight excluding hydrogens is 458 g/mol. The fraction of sp³-hybridized carbons (Fsp3) is 0.500. The van der Waals surface area contributed by atoms with Gasteiger partial charge >= 0.3 is 5.97 Å². The standard InChI is InChI=1S/C28H35N3O5/c1-2-34-28(33)24-5-3-4-14-31(24)23-12-15-30(16-13-23)22-9-7-21(8-10-22)27(32)29-18-20-6-11-25-26(17-20)36-19-35-25/h6-11,17,23-24H,2-5,12-16,18-19H2,1H3,(H,29,32)/t24-/m0/s1. The summed E-state index contributed by atoms with van der Waals surface area (Å²) < 4.78 is 16.1. The Morgan fingerprint density at radius 1 is 0.972 bits per heavy atom. The van der Waals surface area contributed by atoms with Crippen LogP contribution < -0.4 is 19.7 Å². The number of nitrogens with zero attached hydrogens (tertiary/aromatic N) is 2. The first-order valence-corrected chi connectivity index (χ1v) is 13.1. The van der Waals surface area contributed by atoms with Crippen molar-refractivity contribution in [1.82, 2.24) is 10.2 Å². The van der Waals surface area contributed by atoms with Crippen molar-refractivity contribution in [2.75, 3.05) is 37.9 Å². The van der Waals surface area contributed by atoms with E-state index < -0.39 is 0 Å². The number of carbonyl (C=O) groups excluding carboxylic acids is 2. The molecule has 8 nitrogen and oxygen atoms in total. The van der Waals surface area contributed by atoms with Crippen molar-refractivity contribution in [3.8, 4) is 11.5 Å². The molecule has 3 aliphatic rings. The van der Waals surface area contributed by atoms with Crippen LogP contribution in [0.25, 0.3) is 0 Å². The summed E-state index contributed by atoms with van der Waals surface area (Å²) in [6.45, 7) is 5.82. The Morgan fingerprint density at radius 3 is 2.53 bits per heavy atom. The molecular formula is C28H35N3O5. The van der Waals surface area contributed by atoms with Crippen LogP contribution in [0.15, 0.2) is 42.5 Å². The van der Waals surface area contributed by atoms with E-state index in [9.17, 15) is 9.59 Å². The number of carbonyl (C=O) groups is 2. The summed E-state index contributed by atoms with van der Waals surface area (Å²) in [6, 6.07) is 13.8. The number of hydrogen-bond acceptors (Lipinski definition) is 7. The van der Waals surface area contributed by atoms with Crippen LogP contribution in [0, 0.1) is 0 Å². The van der Waals surface area contributed by atoms with Crippen LogP contribution in [0.5, 0.6) is 11.5 Å². The maximum Gasteiger partial charge on any atom is 0.323 e. The minimum Gasteiger partial charge on any atom is -0.465 e. The first-order valence-electron chi connectivity index (χ1n) is 13.1. The van der Waals surface area contributed by atoms with Crippen molar-refractivity contribution >= 4 is 17.6 Å². The molecule has 0 spiro atoms. The Bertz CT molecular complexity index is 1070. The second-order valence-corrected chi connectivity index (χ2v) is 9.64. The molecule has 0 aliphatic carbocycles. The summed E-state index contributed by atoms with van der Waals surface area (Å²) in [7, 11) is 0. The van der Waals surface area contributed by atoms with Crippen molar-refractivity contribution in [1.29, 1.82) is 0 Å². The van der Waals surface area contributed by atoms with Crippen LogP contribution in [0.1, 0.15) is 54.9 Å². The Hall–Kier alpha value is -3.26. The summed E-state index contributed by atoms with van der Waals surface area (Å²) in [5.74, 6) is 1.28. The van der Waals surface area contributed by atoms with Gasteiger partial charge in [-0.05, 0) is 81.1 Å². The van der Waals surface area contributed by atoms with Crippen LogP contribution in [-0.2, 0) is 16.1 Å². The molecule has 3 heterocycles. The molecule has 2 aromatic carbocycles. The number of ether oxygens (including phenoxy) is 3. The minimum atomic E-state index is -0.104. The van der Waals surface area contributed by atoms with Crippen molar-refractivity contribution < 1.29 is 23.8 Å². The lowest BCUT2D eigenvalue weighted by Crippen LogP contribution is -2.54. The number of anilines is 1. The van der Waals surface area contributed by atoms with E-state index in [1.54, 1.807) is 0 Å². The highest BCUT2D eigenvalue weighted by atomic mass is 16.7. The molecule has 1 amide bonds. The number of esters is 1. The fourth-order valence-electron chi connectivity index (χ4n) is 5.50. The molecule has 5 rings (SSSR count). The molecule has 0 radical (unpaired) electrons. The highest BCUT2D eigenvalue weighted by Gasteiger charge is 2.36. The van der Waals surface area contributed by atoms with Crippen LogP contribution in [-0.4, -0.2) is 61.9 Å². The molecule has 1 atom stereocenters. The quantitative estimate of drug-likeness (QED) is 0.589. The molecule has 3 aliphatic heterocycles. The minimum absolute atomic E-state index is 0.0629. The highest BCUT2D eigenvalue weighted by molar-refractivity contribution is 5.94. The molecule has 0 saturated carbocycles. The molecule has 2 fully saturated rings. The Kier molecular flexibility index (Phi) is 7.60. The SMILES string of the molecule is CCOC(=O)[C@@H]1CCCCN1C1CCN(c2ccc(C(=O)NCc3ccc4c(c3)OCO4)cc2)CC1. The van der Waals surface area contributed by atoms with Gasteiger partial charge in [0.05, 0.1) is 6.61 Å². The summed E-state index contributed by atoms with van der Waals surface area (Å²) >= 11 is 0. The van der Waals surface area contributed by atoms with Gasteiger partial charge in [-0.15, -0.1) is 0 Å². The monoisotopic (exact) mass is 493 g/mol. The average Bonchev–Trinajstić information content (AvgIpc) is 3.40. The zero-order chi connectivity index (χ0) is 24.9. The van der Waals surface area contributed by atoms with Gasteiger partial charge < -0.3 is 24.4 Å². The number of rotatable bonds is 7. The average molecular weight is 494 g/mol. The lowest BCUT2D eigenvalue weighted by Gasteiger charge is -2.44. The zero-order valence-electron chi connectivity index (χ0n) is 20.9. The molecule has 2 aromatic rings. The van der Waals surface area contributed by atoms with Crippen LogP contribution >= 0.6 is 0 Å². The van der Waals surface area contributed by atoms with E-state index >= 15 is 0 Å². The summed E-state index contributed by atoms with van der Waals surface area (Å²) in [6.07, 6.45) is 5.18. The van der Waals surface area contributed by atoms with Gasteiger partial charge in [0.15, 0.2) is 11.5 Å². The largest absolute Gasteiger partial charge is 0.465 e. The zero-order valence-corrected chi connectivity index (χ0v) is 20.9. The van der Waals surface area contributed by atoms with E-state index in [0.717, 1.165) is 68.7 Å². The third kappa shape index (κ3) is 5.43. The molecule has 2 saturated heterocycles. The van der Waals surface area contributed by atoms with Crippen molar-refractivity contribution in [2.45, 2.75) is 57.7 Å². The van der Waals surface area contributed by atoms with Crippen LogP contribution in [0.3, 0.4) is 0 Å². The number of hydrogen-bond donors (Lipinski definition) is 1. The molecule has 0 bridgehead atoms. The summed E-state index contributed by atoms with van der Waals surface area (Å²) in [4.78, 5) is 29.9. The first kappa shape index (κ1) is 24.4. The van der Waals surface area contributed by atoms with E-state index in [4.69, 9.17) is 14.2 Å². The van der Waals surface area contributed by atoms with Gasteiger partial charge in [0.25, 0.3) is 5.91 Å². The lowest BCUT2D eigenvalue weighted by atomic mass is 9.94. The molecule has 192 valence electrons. The van der Waals surface area contributed by atoms with Gasteiger partial charge in [-0.3, -0.25) is 14.5 Å². The third-order valence-corrected chi connectivity index (χ3v) is 7.42. The predicted octanol–water partition coefficient (Wildman–Crippen LogP) is 3.73. The Labute approximate surface area is 212 Å². The van der Waals surface area contributed by atoms with Gasteiger partial charge in [-0.2, -0.15) is 0 Å². The van der Waals surface area contributed by atoms with E-state index in [2.05, 4.69) is 15.1 Å². The summed E-state index contributed by atoms with van der Waals surface area (Å²) in [5.41, 5.74) is 2.73. The van der Waals surface area contributed by atoms with Crippen molar-refractivity contribution in [2.24, 2.45) is 0 Å². The number of fused-ring (bicyclic) bond motifs is 1. The topological polar surface area (TPSA) is 80.3 Å². The first-order chi connectivity index (χ1) is 17.6.